The van der Waals surface area contributed by atoms with Gasteiger partial charge < -0.3 is 4.98 Å². The van der Waals surface area contributed by atoms with Gasteiger partial charge in [-0.1, -0.05) is 50.1 Å². The number of nitrogens with one attached hydrogen (secondary N) is 1. The fourth-order valence-electron chi connectivity index (χ4n) is 2.22. The van der Waals surface area contributed by atoms with Crippen molar-refractivity contribution in [3.05, 3.63) is 68.7 Å². The lowest BCUT2D eigenvalue weighted by Gasteiger charge is -2.00. The van der Waals surface area contributed by atoms with E-state index in [1.54, 1.807) is 0 Å². The predicted octanol–water partition coefficient (Wildman–Crippen LogP) is 5.48. The summed E-state index contributed by atoms with van der Waals surface area (Å²) >= 11 is 6.96. The van der Waals surface area contributed by atoms with Crippen LogP contribution >= 0.6 is 31.9 Å². The minimum absolute atomic E-state index is 1.04. The summed E-state index contributed by atoms with van der Waals surface area (Å²) in [5.41, 5.74) is 3.85. The molecule has 0 saturated heterocycles. The first-order valence-corrected chi connectivity index (χ1v) is 7.81. The Bertz CT molecular complexity index is 698. The number of rotatable bonds is 3. The van der Waals surface area contributed by atoms with Gasteiger partial charge in [-0.2, -0.15) is 0 Å². The highest BCUT2D eigenvalue weighted by molar-refractivity contribution is 9.10. The number of hydrogen-bond acceptors (Lipinski definition) is 0. The fraction of sp³-hybridized carbons (Fsp3) is 0.125. The van der Waals surface area contributed by atoms with Crippen molar-refractivity contribution < 1.29 is 0 Å². The maximum Gasteiger partial charge on any atom is 0.0467 e. The van der Waals surface area contributed by atoms with Crippen LogP contribution in [0.4, 0.5) is 0 Å². The van der Waals surface area contributed by atoms with E-state index in [-0.39, 0.29) is 0 Å². The maximum absolute atomic E-state index is 3.50. The standard InChI is InChI=1S/C16H13Br2N/c17-13-5-1-11(2-6-13)3-8-15-9-12-4-7-14(18)10-16(12)19-15/h1-2,4-7,9-10,19H,3,8H2. The molecular weight excluding hydrogens is 366 g/mol. The molecule has 0 saturated carbocycles. The van der Waals surface area contributed by atoms with Crippen LogP contribution < -0.4 is 0 Å². The molecule has 1 heterocycles. The second-order valence-corrected chi connectivity index (χ2v) is 6.48. The van der Waals surface area contributed by atoms with Crippen molar-refractivity contribution in [2.45, 2.75) is 12.8 Å². The zero-order chi connectivity index (χ0) is 13.2. The molecule has 3 heteroatoms. The Labute approximate surface area is 129 Å². The van der Waals surface area contributed by atoms with Crippen molar-refractivity contribution >= 4 is 42.8 Å². The summed E-state index contributed by atoms with van der Waals surface area (Å²) in [5, 5.41) is 1.27. The van der Waals surface area contributed by atoms with E-state index in [4.69, 9.17) is 0 Å². The van der Waals surface area contributed by atoms with Crippen LogP contribution in [-0.2, 0) is 12.8 Å². The van der Waals surface area contributed by atoms with Crippen LogP contribution in [0, 0.1) is 0 Å². The van der Waals surface area contributed by atoms with E-state index < -0.39 is 0 Å². The Hall–Kier alpha value is -1.06. The van der Waals surface area contributed by atoms with Crippen LogP contribution in [0.1, 0.15) is 11.3 Å². The Morgan fingerprint density at radius 3 is 2.32 bits per heavy atom. The van der Waals surface area contributed by atoms with Gasteiger partial charge in [0.1, 0.15) is 0 Å². The average molecular weight is 379 g/mol. The van der Waals surface area contributed by atoms with E-state index >= 15 is 0 Å². The average Bonchev–Trinajstić information content (AvgIpc) is 2.80. The van der Waals surface area contributed by atoms with Gasteiger partial charge in [0, 0.05) is 20.2 Å². The molecule has 0 aliphatic heterocycles. The molecule has 0 aliphatic rings. The SMILES string of the molecule is Brc1ccc(CCc2cc3ccc(Br)cc3[nH]2)cc1. The summed E-state index contributed by atoms with van der Waals surface area (Å²) in [5.74, 6) is 0. The number of hydrogen-bond donors (Lipinski definition) is 1. The molecular formula is C16H13Br2N. The monoisotopic (exact) mass is 377 g/mol. The number of aromatic nitrogens is 1. The molecule has 0 fully saturated rings. The van der Waals surface area contributed by atoms with E-state index in [1.165, 1.54) is 22.2 Å². The van der Waals surface area contributed by atoms with E-state index in [0.717, 1.165) is 21.8 Å². The van der Waals surface area contributed by atoms with Crippen LogP contribution in [0.25, 0.3) is 10.9 Å². The molecule has 0 atom stereocenters. The Balaban J connectivity index is 1.76. The largest absolute Gasteiger partial charge is 0.358 e. The van der Waals surface area contributed by atoms with Gasteiger partial charge in [-0.25, -0.2) is 0 Å². The number of fused-ring (bicyclic) bond motifs is 1. The van der Waals surface area contributed by atoms with Crippen LogP contribution in [0.15, 0.2) is 57.5 Å². The highest BCUT2D eigenvalue weighted by Crippen LogP contribution is 2.21. The van der Waals surface area contributed by atoms with Crippen molar-refractivity contribution in [1.82, 2.24) is 4.98 Å². The molecule has 0 radical (unpaired) electrons. The zero-order valence-electron chi connectivity index (χ0n) is 10.3. The lowest BCUT2D eigenvalue weighted by Crippen LogP contribution is -1.90. The van der Waals surface area contributed by atoms with Crippen LogP contribution in [0.3, 0.4) is 0 Å². The molecule has 0 spiro atoms. The summed E-state index contributed by atoms with van der Waals surface area (Å²) < 4.78 is 2.24. The summed E-state index contributed by atoms with van der Waals surface area (Å²) in [6.07, 6.45) is 2.09. The van der Waals surface area contributed by atoms with Gasteiger partial charge in [0.25, 0.3) is 0 Å². The number of aryl methyl sites for hydroxylation is 2. The normalized spacial score (nSPS) is 11.1. The van der Waals surface area contributed by atoms with Crippen molar-refractivity contribution in [3.8, 4) is 0 Å². The predicted molar refractivity (Wildman–Crippen MR) is 87.5 cm³/mol. The van der Waals surface area contributed by atoms with E-state index in [2.05, 4.69) is 85.4 Å². The number of halogens is 2. The molecule has 1 aromatic heterocycles. The van der Waals surface area contributed by atoms with Crippen molar-refractivity contribution in [3.63, 3.8) is 0 Å². The second-order valence-electron chi connectivity index (χ2n) is 4.65. The minimum atomic E-state index is 1.04. The third kappa shape index (κ3) is 3.10. The van der Waals surface area contributed by atoms with Gasteiger partial charge in [0.2, 0.25) is 0 Å². The molecule has 19 heavy (non-hydrogen) atoms. The first-order valence-electron chi connectivity index (χ1n) is 6.22. The molecule has 0 amide bonds. The first kappa shape index (κ1) is 12.9. The topological polar surface area (TPSA) is 15.8 Å². The third-order valence-corrected chi connectivity index (χ3v) is 4.26. The lowest BCUT2D eigenvalue weighted by molar-refractivity contribution is 0.930. The molecule has 96 valence electrons. The summed E-state index contributed by atoms with van der Waals surface area (Å²) in [6.45, 7) is 0. The lowest BCUT2D eigenvalue weighted by atomic mass is 10.1. The Morgan fingerprint density at radius 2 is 1.53 bits per heavy atom. The molecule has 1 N–H and O–H groups in total. The first-order chi connectivity index (χ1) is 9.20. The minimum Gasteiger partial charge on any atom is -0.358 e. The number of H-pyrrole nitrogens is 1. The number of benzene rings is 2. The Morgan fingerprint density at radius 1 is 0.789 bits per heavy atom. The summed E-state index contributed by atoms with van der Waals surface area (Å²) in [4.78, 5) is 3.48. The second kappa shape index (κ2) is 5.51. The van der Waals surface area contributed by atoms with Crippen molar-refractivity contribution in [2.75, 3.05) is 0 Å². The molecule has 0 bridgehead atoms. The summed E-state index contributed by atoms with van der Waals surface area (Å²) in [7, 11) is 0. The molecule has 3 rings (SSSR count). The highest BCUT2D eigenvalue weighted by Gasteiger charge is 2.02. The molecule has 3 aromatic rings. The van der Waals surface area contributed by atoms with Crippen LogP contribution in [0.5, 0.6) is 0 Å². The van der Waals surface area contributed by atoms with Gasteiger partial charge in [0.15, 0.2) is 0 Å². The van der Waals surface area contributed by atoms with Crippen molar-refractivity contribution in [2.24, 2.45) is 0 Å². The fourth-order valence-corrected chi connectivity index (χ4v) is 2.85. The quantitative estimate of drug-likeness (QED) is 0.621. The Kier molecular flexibility index (Phi) is 3.76. The van der Waals surface area contributed by atoms with Crippen LogP contribution in [0.2, 0.25) is 0 Å². The van der Waals surface area contributed by atoms with Gasteiger partial charge in [-0.15, -0.1) is 0 Å². The van der Waals surface area contributed by atoms with Gasteiger partial charge >= 0.3 is 0 Å². The van der Waals surface area contributed by atoms with Gasteiger partial charge in [-0.3, -0.25) is 0 Å². The van der Waals surface area contributed by atoms with Crippen LogP contribution in [-0.4, -0.2) is 4.98 Å². The highest BCUT2D eigenvalue weighted by atomic mass is 79.9. The van der Waals surface area contributed by atoms with Gasteiger partial charge in [0.05, 0.1) is 0 Å². The smallest absolute Gasteiger partial charge is 0.0467 e. The molecule has 0 unspecified atom stereocenters. The maximum atomic E-state index is 3.50. The molecule has 1 nitrogen and oxygen atoms in total. The van der Waals surface area contributed by atoms with Crippen molar-refractivity contribution in [1.29, 1.82) is 0 Å². The zero-order valence-corrected chi connectivity index (χ0v) is 13.5. The molecule has 0 aliphatic carbocycles. The van der Waals surface area contributed by atoms with Gasteiger partial charge in [-0.05, 0) is 54.1 Å². The summed E-state index contributed by atoms with van der Waals surface area (Å²) in [6, 6.07) is 17.1. The van der Waals surface area contributed by atoms with E-state index in [0.29, 0.717) is 0 Å². The molecule has 2 aromatic carbocycles. The van der Waals surface area contributed by atoms with E-state index in [1.807, 2.05) is 0 Å². The van der Waals surface area contributed by atoms with E-state index in [9.17, 15) is 0 Å². The number of aromatic amines is 1. The third-order valence-electron chi connectivity index (χ3n) is 3.24.